The Balaban J connectivity index is 6.46. The fraction of sp³-hybridized carbons (Fsp3) is 0.826. The molecule has 0 saturated heterocycles. The molecular weight excluding hydrogens is 396 g/mol. The van der Waals surface area contributed by atoms with Crippen molar-refractivity contribution in [1.82, 2.24) is 0 Å². The average molecular weight is 445 g/mol. The van der Waals surface area contributed by atoms with Gasteiger partial charge < -0.3 is 17.7 Å². The number of rotatable bonds is 19. The van der Waals surface area contributed by atoms with Gasteiger partial charge >= 0.3 is 17.1 Å². The van der Waals surface area contributed by atoms with Crippen molar-refractivity contribution in [3.8, 4) is 0 Å². The quantitative estimate of drug-likeness (QED) is 0.203. The molecule has 0 bridgehead atoms. The first kappa shape index (κ1) is 28.8. The Kier molecular flexibility index (Phi) is 17.3. The minimum absolute atomic E-state index is 0.150. The Morgan fingerprint density at radius 2 is 0.862 bits per heavy atom. The highest BCUT2D eigenvalue weighted by Gasteiger charge is 2.58. The van der Waals surface area contributed by atoms with Gasteiger partial charge in [0.25, 0.3) is 0 Å². The van der Waals surface area contributed by atoms with Crippen LogP contribution in [0.25, 0.3) is 0 Å². The van der Waals surface area contributed by atoms with Gasteiger partial charge in [-0.2, -0.15) is 0 Å². The second-order valence-corrected chi connectivity index (χ2v) is 14.1. The molecular formula is C23H48O4Si2. The van der Waals surface area contributed by atoms with E-state index >= 15 is 0 Å². The van der Waals surface area contributed by atoms with Gasteiger partial charge in [-0.1, -0.05) is 60.6 Å². The molecule has 0 spiro atoms. The molecule has 0 aliphatic carbocycles. The van der Waals surface area contributed by atoms with Gasteiger partial charge in [0, 0.05) is 26.4 Å². The van der Waals surface area contributed by atoms with E-state index in [4.69, 9.17) is 17.7 Å². The van der Waals surface area contributed by atoms with Crippen molar-refractivity contribution in [2.75, 3.05) is 26.4 Å². The third-order valence-corrected chi connectivity index (χ3v) is 13.9. The minimum Gasteiger partial charge on any atom is -0.391 e. The van der Waals surface area contributed by atoms with E-state index in [9.17, 15) is 0 Å². The highest BCUT2D eigenvalue weighted by molar-refractivity contribution is 6.93. The molecule has 4 nitrogen and oxygen atoms in total. The van der Waals surface area contributed by atoms with Crippen molar-refractivity contribution in [2.24, 2.45) is 0 Å². The third kappa shape index (κ3) is 9.62. The van der Waals surface area contributed by atoms with Crippen molar-refractivity contribution in [2.45, 2.75) is 98.6 Å². The Labute approximate surface area is 183 Å². The lowest BCUT2D eigenvalue weighted by Crippen LogP contribution is -2.60. The summed E-state index contributed by atoms with van der Waals surface area (Å²) in [6.07, 6.45) is 11.2. The molecule has 0 aromatic carbocycles. The SMILES string of the molecule is CCC=C[Si](OCCC)(OCCC)C(CC)[Si](C=CCC)(OCCC)OCCC. The van der Waals surface area contributed by atoms with Crippen LogP contribution in [0.15, 0.2) is 23.6 Å². The van der Waals surface area contributed by atoms with Gasteiger partial charge in [0.2, 0.25) is 0 Å². The summed E-state index contributed by atoms with van der Waals surface area (Å²) in [5.74, 6) is 0. The standard InChI is InChI=1S/C23H48O4Si2/c1-8-15-21-28(24-17-10-3,25-18-11-4)23(14-7)29(22-16-9-2,26-19-12-5)27-20-13-6/h15-16,21-23H,8-14,17-20H2,1-7H3. The highest BCUT2D eigenvalue weighted by Crippen LogP contribution is 2.40. The van der Waals surface area contributed by atoms with Gasteiger partial charge in [-0.15, -0.1) is 0 Å². The van der Waals surface area contributed by atoms with E-state index in [1.54, 1.807) is 0 Å². The monoisotopic (exact) mass is 444 g/mol. The lowest BCUT2D eigenvalue weighted by atomic mass is 10.5. The summed E-state index contributed by atoms with van der Waals surface area (Å²) in [6.45, 7) is 18.1. The van der Waals surface area contributed by atoms with E-state index in [0.717, 1.165) is 44.9 Å². The average Bonchev–Trinajstić information content (AvgIpc) is 2.75. The van der Waals surface area contributed by atoms with Gasteiger partial charge in [-0.3, -0.25) is 0 Å². The Hall–Kier alpha value is -0.246. The fourth-order valence-electron chi connectivity index (χ4n) is 3.37. The third-order valence-electron chi connectivity index (χ3n) is 4.68. The fourth-order valence-corrected chi connectivity index (χ4v) is 13.4. The van der Waals surface area contributed by atoms with Crippen LogP contribution in [0.5, 0.6) is 0 Å². The number of allylic oxidation sites excluding steroid dienone is 2. The zero-order valence-corrected chi connectivity index (χ0v) is 22.3. The van der Waals surface area contributed by atoms with E-state index in [1.807, 2.05) is 0 Å². The van der Waals surface area contributed by atoms with Gasteiger partial charge in [-0.25, -0.2) is 0 Å². The summed E-state index contributed by atoms with van der Waals surface area (Å²) < 4.78 is 26.6. The molecule has 6 heteroatoms. The van der Waals surface area contributed by atoms with E-state index in [-0.39, 0.29) is 5.16 Å². The van der Waals surface area contributed by atoms with Crippen molar-refractivity contribution in [1.29, 1.82) is 0 Å². The zero-order valence-electron chi connectivity index (χ0n) is 20.3. The van der Waals surface area contributed by atoms with Gasteiger partial charge in [0.05, 0.1) is 5.16 Å². The van der Waals surface area contributed by atoms with Crippen LogP contribution in [0.3, 0.4) is 0 Å². The first-order chi connectivity index (χ1) is 14.1. The molecule has 0 aromatic rings. The maximum Gasteiger partial charge on any atom is 0.370 e. The molecule has 0 rings (SSSR count). The van der Waals surface area contributed by atoms with E-state index in [2.05, 4.69) is 72.0 Å². The molecule has 29 heavy (non-hydrogen) atoms. The van der Waals surface area contributed by atoms with Crippen LogP contribution in [0.2, 0.25) is 5.16 Å². The summed E-state index contributed by atoms with van der Waals surface area (Å²) >= 11 is 0. The summed E-state index contributed by atoms with van der Waals surface area (Å²) in [5, 5.41) is 0.150. The molecule has 0 aliphatic rings. The molecule has 0 unspecified atom stereocenters. The molecule has 0 radical (unpaired) electrons. The molecule has 0 saturated carbocycles. The highest BCUT2D eigenvalue weighted by atomic mass is 28.4. The van der Waals surface area contributed by atoms with Gasteiger partial charge in [0.15, 0.2) is 0 Å². The van der Waals surface area contributed by atoms with Crippen LogP contribution < -0.4 is 0 Å². The van der Waals surface area contributed by atoms with E-state index < -0.39 is 17.1 Å². The maximum absolute atomic E-state index is 6.65. The second kappa shape index (κ2) is 17.4. The lowest BCUT2D eigenvalue weighted by Gasteiger charge is -2.43. The predicted molar refractivity (Wildman–Crippen MR) is 129 cm³/mol. The molecule has 0 atom stereocenters. The van der Waals surface area contributed by atoms with Crippen LogP contribution in [0.1, 0.15) is 93.4 Å². The van der Waals surface area contributed by atoms with E-state index in [1.165, 1.54) is 0 Å². The van der Waals surface area contributed by atoms with Crippen LogP contribution in [-0.2, 0) is 17.7 Å². The molecule has 0 aromatic heterocycles. The smallest absolute Gasteiger partial charge is 0.370 e. The molecule has 0 amide bonds. The number of hydrogen-bond donors (Lipinski definition) is 0. The molecule has 0 aliphatic heterocycles. The predicted octanol–water partition coefficient (Wildman–Crippen LogP) is 6.91. The van der Waals surface area contributed by atoms with Crippen molar-refractivity contribution in [3.63, 3.8) is 0 Å². The minimum atomic E-state index is -2.69. The van der Waals surface area contributed by atoms with Crippen LogP contribution in [0.4, 0.5) is 0 Å². The maximum atomic E-state index is 6.65. The van der Waals surface area contributed by atoms with Crippen LogP contribution in [-0.4, -0.2) is 43.5 Å². The Bertz CT molecular complexity index is 387. The van der Waals surface area contributed by atoms with Crippen LogP contribution in [0, 0.1) is 0 Å². The molecule has 0 heterocycles. The second-order valence-electron chi connectivity index (χ2n) is 7.42. The molecule has 0 N–H and O–H groups in total. The zero-order chi connectivity index (χ0) is 22.0. The first-order valence-corrected chi connectivity index (χ1v) is 15.9. The molecule has 0 fully saturated rings. The van der Waals surface area contributed by atoms with Crippen LogP contribution >= 0.6 is 0 Å². The Morgan fingerprint density at radius 1 is 0.552 bits per heavy atom. The normalized spacial score (nSPS) is 14.3. The van der Waals surface area contributed by atoms with Gasteiger partial charge in [0.1, 0.15) is 0 Å². The molecule has 172 valence electrons. The van der Waals surface area contributed by atoms with Gasteiger partial charge in [-0.05, 0) is 56.3 Å². The van der Waals surface area contributed by atoms with Crippen molar-refractivity contribution >= 4 is 17.1 Å². The summed E-state index contributed by atoms with van der Waals surface area (Å²) in [7, 11) is -5.39. The lowest BCUT2D eigenvalue weighted by molar-refractivity contribution is 0.145. The summed E-state index contributed by atoms with van der Waals surface area (Å²) in [5.41, 5.74) is 4.55. The number of hydrogen-bond acceptors (Lipinski definition) is 4. The van der Waals surface area contributed by atoms with Crippen molar-refractivity contribution < 1.29 is 17.7 Å². The van der Waals surface area contributed by atoms with Crippen molar-refractivity contribution in [3.05, 3.63) is 23.6 Å². The summed E-state index contributed by atoms with van der Waals surface area (Å²) in [6, 6.07) is 0. The summed E-state index contributed by atoms with van der Waals surface area (Å²) in [4.78, 5) is 0. The largest absolute Gasteiger partial charge is 0.391 e. The van der Waals surface area contributed by atoms with E-state index in [0.29, 0.717) is 26.4 Å². The Morgan fingerprint density at radius 3 is 1.07 bits per heavy atom. The first-order valence-electron chi connectivity index (χ1n) is 12.0. The topological polar surface area (TPSA) is 36.9 Å².